The Morgan fingerprint density at radius 3 is 0.685 bits per heavy atom. The average molecular weight is 2020 g/mol. The minimum Gasteiger partial charge on any atom is -0.493 e. The number of nitrogens with two attached hydrogens (primary N) is 2. The molecule has 8 aromatic carbocycles. The zero-order chi connectivity index (χ0) is 104. The van der Waals surface area contributed by atoms with Crippen LogP contribution in [0.25, 0.3) is 24.3 Å². The first kappa shape index (κ1) is 118. The number of carbonyl (C=O) groups excluding carboxylic acids is 6. The van der Waals surface area contributed by atoms with Crippen molar-refractivity contribution in [3.8, 4) is 80.5 Å². The number of anilines is 2. The van der Waals surface area contributed by atoms with Gasteiger partial charge in [0, 0.05) is 53.9 Å². The van der Waals surface area contributed by atoms with Gasteiger partial charge in [0.15, 0.2) is 46.0 Å². The van der Waals surface area contributed by atoms with Crippen LogP contribution in [0.5, 0.6) is 80.5 Å². The van der Waals surface area contributed by atoms with E-state index in [1.165, 1.54) is 36.4 Å². The van der Waals surface area contributed by atoms with Crippen molar-refractivity contribution in [2.45, 2.75) is 246 Å². The zero-order valence-electron chi connectivity index (χ0n) is 87.2. The standard InChI is InChI=1S/C118H156N2O26/c1-9-13-27-65-139-113(121)53-45-89-41-49-105(109(75-89)127-5)135-61-35-21-17-31-57-131-99-71-93(72-100(84-99)132-58-32-18-22-36-62-136-106-50-42-90(76-110(106)128-6)46-54-114(122)140-66-28-14-10-2)87-145-103-81-96(118(126)144-70-40-26-25-39-69-143-117(125)95-79-97(119)83-98(120)80-95)82-104(86-103)146-88-94-73-101(133-59-33-19-23-37-63-137-107-51-43-91(77-111(107)129-7)47-55-115(123)141-67-29-15-11-3)85-102(74-94)134-60-34-20-24-38-64-138-108-52-44-92(78-112(108)130-8)48-56-116(124)142-68-30-16-12-4/h41-56,71-86H,9-40,57-70,87-88,119-120H2,1-8H3/b53-45+,54-46+,55-47+,56-48+. The molecule has 0 radical (unpaired) electrons. The van der Waals surface area contributed by atoms with Gasteiger partial charge in [-0.25, -0.2) is 28.8 Å². The van der Waals surface area contributed by atoms with E-state index in [0.717, 1.165) is 213 Å². The maximum Gasteiger partial charge on any atom is 0.338 e. The number of ether oxygens (including phenoxy) is 20. The van der Waals surface area contributed by atoms with Gasteiger partial charge in [0.2, 0.25) is 0 Å². The number of unbranched alkanes of at least 4 members (excludes halogenated alkanes) is 23. The highest BCUT2D eigenvalue weighted by Gasteiger charge is 2.19. The second-order valence-corrected chi connectivity index (χ2v) is 35.4. The van der Waals surface area contributed by atoms with Crippen molar-refractivity contribution >= 4 is 71.5 Å². The van der Waals surface area contributed by atoms with Crippen LogP contribution in [0, 0.1) is 0 Å². The van der Waals surface area contributed by atoms with Crippen LogP contribution in [-0.2, 0) is 60.8 Å². The van der Waals surface area contributed by atoms with E-state index in [9.17, 15) is 28.8 Å². The number of nitrogen functional groups attached to an aromatic ring is 2. The largest absolute Gasteiger partial charge is 0.493 e. The highest BCUT2D eigenvalue weighted by molar-refractivity contribution is 5.93. The van der Waals surface area contributed by atoms with Crippen LogP contribution in [0.1, 0.15) is 287 Å². The van der Waals surface area contributed by atoms with Crippen molar-refractivity contribution in [2.75, 3.05) is 132 Å². The van der Waals surface area contributed by atoms with E-state index in [2.05, 4.69) is 27.7 Å². The van der Waals surface area contributed by atoms with Crippen molar-refractivity contribution in [3.05, 3.63) is 214 Å². The lowest BCUT2D eigenvalue weighted by Crippen LogP contribution is -2.09. The minimum atomic E-state index is -0.584. The third-order valence-electron chi connectivity index (χ3n) is 23.2. The lowest BCUT2D eigenvalue weighted by atomic mass is 10.1. The fraction of sp³-hybridized carbons (Fsp3) is 0.475. The van der Waals surface area contributed by atoms with Crippen LogP contribution in [0.2, 0.25) is 0 Å². The number of rotatable bonds is 79. The summed E-state index contributed by atoms with van der Waals surface area (Å²) in [5.41, 5.74) is 17.7. The lowest BCUT2D eigenvalue weighted by Gasteiger charge is -2.16. The summed E-state index contributed by atoms with van der Waals surface area (Å²) in [6.45, 7) is 14.0. The quantitative estimate of drug-likeness (QED) is 0.0118. The fourth-order valence-corrected chi connectivity index (χ4v) is 15.1. The molecule has 0 saturated heterocycles. The van der Waals surface area contributed by atoms with E-state index in [0.29, 0.717) is 197 Å². The van der Waals surface area contributed by atoms with E-state index < -0.39 is 11.9 Å². The van der Waals surface area contributed by atoms with Crippen molar-refractivity contribution < 1.29 is 124 Å². The Balaban J connectivity index is 0.945. The predicted octanol–water partition coefficient (Wildman–Crippen LogP) is 25.7. The van der Waals surface area contributed by atoms with E-state index >= 15 is 0 Å². The van der Waals surface area contributed by atoms with Gasteiger partial charge in [0.1, 0.15) is 47.7 Å². The van der Waals surface area contributed by atoms with Gasteiger partial charge >= 0.3 is 35.8 Å². The van der Waals surface area contributed by atoms with Crippen LogP contribution in [0.4, 0.5) is 11.4 Å². The van der Waals surface area contributed by atoms with Crippen LogP contribution in [0.3, 0.4) is 0 Å². The molecule has 0 bridgehead atoms. The molecule has 4 N–H and O–H groups in total. The summed E-state index contributed by atoms with van der Waals surface area (Å²) >= 11 is 0. The van der Waals surface area contributed by atoms with Gasteiger partial charge in [-0.2, -0.15) is 0 Å². The van der Waals surface area contributed by atoms with Gasteiger partial charge < -0.3 is 106 Å². The molecule has 28 heteroatoms. The SMILES string of the molecule is CCCCCOC(=O)/C=C/c1ccc(OCCCCCCOc2cc(COc3cc(OCc4cc(OCCCCCCOc5ccc(/C=C/C(=O)OCCCCC)cc5OC)cc(OCCCCCCOc5ccc(/C=C/C(=O)OCCCCC)cc5OC)c4)cc(C(=O)OCCCCCCOC(=O)c4cc(N)cc(N)c4)c3)cc(OCCCCCCOc3ccc(/C=C/C(=O)OCCCCC)cc3OC)c2)c(OC)c1. The summed E-state index contributed by atoms with van der Waals surface area (Å²) in [5.74, 6) is 5.06. The molecule has 0 aliphatic heterocycles. The molecule has 0 fully saturated rings. The van der Waals surface area contributed by atoms with Crippen molar-refractivity contribution in [3.63, 3.8) is 0 Å². The lowest BCUT2D eigenvalue weighted by molar-refractivity contribution is -0.138. The molecule has 0 atom stereocenters. The monoisotopic (exact) mass is 2020 g/mol. The Kier molecular flexibility index (Phi) is 57.8. The highest BCUT2D eigenvalue weighted by atomic mass is 16.6. The molecule has 794 valence electrons. The molecule has 28 nitrogen and oxygen atoms in total. The normalized spacial score (nSPS) is 11.2. The molecule has 0 saturated carbocycles. The van der Waals surface area contributed by atoms with E-state index in [1.54, 1.807) is 77.0 Å². The fourth-order valence-electron chi connectivity index (χ4n) is 15.1. The summed E-state index contributed by atoms with van der Waals surface area (Å²) < 4.78 is 120. The number of benzene rings is 8. The first-order valence-electron chi connectivity index (χ1n) is 52.2. The second-order valence-electron chi connectivity index (χ2n) is 35.4. The Hall–Kier alpha value is -13.7. The molecule has 8 rings (SSSR count). The van der Waals surface area contributed by atoms with Gasteiger partial charge in [0.25, 0.3) is 0 Å². The van der Waals surface area contributed by atoms with Gasteiger partial charge in [-0.1, -0.05) is 103 Å². The molecular weight excluding hydrogens is 1860 g/mol. The molecule has 0 aliphatic carbocycles. The van der Waals surface area contributed by atoms with Gasteiger partial charge in [-0.05, 0) is 315 Å². The summed E-state index contributed by atoms with van der Waals surface area (Å²) in [6.07, 6.45) is 39.8. The number of hydrogen-bond acceptors (Lipinski definition) is 28. The van der Waals surface area contributed by atoms with E-state index in [-0.39, 0.29) is 61.4 Å². The summed E-state index contributed by atoms with van der Waals surface area (Å²) in [5, 5.41) is 0. The van der Waals surface area contributed by atoms with Crippen LogP contribution >= 0.6 is 0 Å². The first-order chi connectivity index (χ1) is 71.4. The predicted molar refractivity (Wildman–Crippen MR) is 570 cm³/mol. The van der Waals surface area contributed by atoms with E-state index in [4.69, 9.17) is 106 Å². The molecule has 0 amide bonds. The number of hydrogen-bond donors (Lipinski definition) is 2. The molecule has 0 spiro atoms. The molecule has 146 heavy (non-hydrogen) atoms. The van der Waals surface area contributed by atoms with Crippen molar-refractivity contribution in [1.82, 2.24) is 0 Å². The molecular formula is C118H156N2O26. The van der Waals surface area contributed by atoms with E-state index in [1.807, 2.05) is 109 Å². The molecule has 0 aromatic heterocycles. The highest BCUT2D eigenvalue weighted by Crippen LogP contribution is 2.36. The molecule has 0 heterocycles. The first-order valence-corrected chi connectivity index (χ1v) is 52.2. The Morgan fingerprint density at radius 2 is 0.438 bits per heavy atom. The number of methoxy groups -OCH3 is 4. The Labute approximate surface area is 864 Å². The molecule has 0 unspecified atom stereocenters. The van der Waals surface area contributed by atoms with Crippen LogP contribution in [0.15, 0.2) is 170 Å². The second kappa shape index (κ2) is 71.8. The summed E-state index contributed by atoms with van der Waals surface area (Å²) in [4.78, 5) is 76.4. The van der Waals surface area contributed by atoms with Gasteiger partial charge in [-0.15, -0.1) is 0 Å². The maximum atomic E-state index is 14.3. The minimum absolute atomic E-state index is 0.0413. The maximum absolute atomic E-state index is 14.3. The third-order valence-corrected chi connectivity index (χ3v) is 23.2. The summed E-state index contributed by atoms with van der Waals surface area (Å²) in [7, 11) is 6.35. The molecule has 8 aromatic rings. The zero-order valence-corrected chi connectivity index (χ0v) is 87.2. The van der Waals surface area contributed by atoms with Gasteiger partial charge in [0.05, 0.1) is 132 Å². The van der Waals surface area contributed by atoms with Crippen molar-refractivity contribution in [1.29, 1.82) is 0 Å². The average Bonchev–Trinajstić information content (AvgIpc) is 0.831. The Morgan fingerprint density at radius 1 is 0.219 bits per heavy atom. The van der Waals surface area contributed by atoms with Gasteiger partial charge in [-0.3, -0.25) is 0 Å². The number of carbonyl (C=O) groups is 6. The van der Waals surface area contributed by atoms with Crippen molar-refractivity contribution in [2.24, 2.45) is 0 Å². The smallest absolute Gasteiger partial charge is 0.338 e. The number of esters is 6. The summed E-state index contributed by atoms with van der Waals surface area (Å²) in [6, 6.07) is 43.3. The Bertz CT molecular complexity index is 4760. The van der Waals surface area contributed by atoms with Crippen LogP contribution in [-0.4, -0.2) is 157 Å². The molecule has 0 aliphatic rings. The topological polar surface area (TPSA) is 339 Å². The van der Waals surface area contributed by atoms with Crippen LogP contribution < -0.4 is 77.8 Å². The third kappa shape index (κ3) is 48.8.